The average molecular weight is 356 g/mol. The van der Waals surface area contributed by atoms with Gasteiger partial charge < -0.3 is 10.1 Å². The van der Waals surface area contributed by atoms with Crippen molar-refractivity contribution >= 4 is 33.2 Å². The van der Waals surface area contributed by atoms with Gasteiger partial charge in [-0.2, -0.15) is 0 Å². The van der Waals surface area contributed by atoms with Crippen LogP contribution in [-0.4, -0.2) is 11.1 Å². The molecule has 0 spiro atoms. The predicted octanol–water partition coefficient (Wildman–Crippen LogP) is 4.90. The Morgan fingerprint density at radius 1 is 1.35 bits per heavy atom. The fourth-order valence-electron chi connectivity index (χ4n) is 1.70. The monoisotopic (exact) mass is 354 g/mol. The van der Waals surface area contributed by atoms with E-state index < -0.39 is 0 Å². The lowest BCUT2D eigenvalue weighted by Crippen LogP contribution is -2.10. The van der Waals surface area contributed by atoms with Crippen LogP contribution >= 0.6 is 27.5 Å². The molecule has 0 bridgehead atoms. The highest BCUT2D eigenvalue weighted by Crippen LogP contribution is 2.25. The van der Waals surface area contributed by atoms with E-state index in [1.807, 2.05) is 44.2 Å². The number of aromatic nitrogens is 1. The van der Waals surface area contributed by atoms with Crippen molar-refractivity contribution < 1.29 is 4.74 Å². The summed E-state index contributed by atoms with van der Waals surface area (Å²) in [6, 6.07) is 9.65. The van der Waals surface area contributed by atoms with Gasteiger partial charge in [0.1, 0.15) is 0 Å². The first kappa shape index (κ1) is 15.1. The minimum Gasteiger partial charge on any atom is -0.473 e. The molecule has 0 aliphatic rings. The molecule has 20 heavy (non-hydrogen) atoms. The number of hydrogen-bond donors (Lipinski definition) is 1. The van der Waals surface area contributed by atoms with E-state index in [1.54, 1.807) is 6.20 Å². The number of ether oxygens (including phenoxy) is 1. The van der Waals surface area contributed by atoms with Crippen molar-refractivity contribution in [1.82, 2.24) is 4.98 Å². The molecule has 0 atom stereocenters. The molecule has 0 aliphatic heterocycles. The summed E-state index contributed by atoms with van der Waals surface area (Å²) in [5.41, 5.74) is 1.88. The fourth-order valence-corrected chi connectivity index (χ4v) is 2.44. The average Bonchev–Trinajstić information content (AvgIpc) is 2.39. The second-order valence-electron chi connectivity index (χ2n) is 4.61. The Kier molecular flexibility index (Phi) is 5.26. The minimum atomic E-state index is 0.0849. The van der Waals surface area contributed by atoms with E-state index in [2.05, 4.69) is 26.2 Å². The first-order valence-corrected chi connectivity index (χ1v) is 7.53. The van der Waals surface area contributed by atoms with Crippen molar-refractivity contribution in [3.05, 3.63) is 51.6 Å². The third kappa shape index (κ3) is 4.12. The van der Waals surface area contributed by atoms with E-state index in [0.717, 1.165) is 20.7 Å². The van der Waals surface area contributed by atoms with Crippen LogP contribution in [0.1, 0.15) is 19.4 Å². The smallest absolute Gasteiger partial charge is 0.237 e. The number of pyridine rings is 1. The van der Waals surface area contributed by atoms with E-state index in [0.29, 0.717) is 12.4 Å². The molecule has 0 radical (unpaired) electrons. The Morgan fingerprint density at radius 2 is 2.15 bits per heavy atom. The van der Waals surface area contributed by atoms with Crippen LogP contribution in [0.4, 0.5) is 5.69 Å². The molecular weight excluding hydrogens is 340 g/mol. The van der Waals surface area contributed by atoms with Crippen LogP contribution < -0.4 is 10.1 Å². The van der Waals surface area contributed by atoms with Gasteiger partial charge in [0.15, 0.2) is 0 Å². The molecule has 2 rings (SSSR count). The van der Waals surface area contributed by atoms with Gasteiger partial charge in [-0.05, 0) is 43.7 Å². The zero-order chi connectivity index (χ0) is 14.5. The summed E-state index contributed by atoms with van der Waals surface area (Å²) in [5.74, 6) is 0.607. The molecule has 1 aromatic carbocycles. The maximum absolute atomic E-state index is 6.20. The van der Waals surface area contributed by atoms with Crippen LogP contribution in [0.5, 0.6) is 5.88 Å². The second-order valence-corrected chi connectivity index (χ2v) is 5.93. The first-order chi connectivity index (χ1) is 9.56. The zero-order valence-corrected chi connectivity index (χ0v) is 13.7. The normalized spacial score (nSPS) is 10.7. The van der Waals surface area contributed by atoms with E-state index in [1.165, 1.54) is 0 Å². The van der Waals surface area contributed by atoms with Crippen molar-refractivity contribution in [2.45, 2.75) is 26.5 Å². The van der Waals surface area contributed by atoms with Crippen molar-refractivity contribution in [3.63, 3.8) is 0 Å². The molecule has 0 aliphatic carbocycles. The summed E-state index contributed by atoms with van der Waals surface area (Å²) in [4.78, 5) is 4.24. The van der Waals surface area contributed by atoms with Crippen LogP contribution in [-0.2, 0) is 6.54 Å². The molecule has 0 fully saturated rings. The Morgan fingerprint density at radius 3 is 2.85 bits per heavy atom. The molecule has 1 aromatic heterocycles. The van der Waals surface area contributed by atoms with Crippen LogP contribution in [0.15, 0.2) is 41.0 Å². The van der Waals surface area contributed by atoms with E-state index >= 15 is 0 Å². The zero-order valence-electron chi connectivity index (χ0n) is 11.4. The molecule has 2 aromatic rings. The molecular formula is C15H16BrClN2O. The third-order valence-corrected chi connectivity index (χ3v) is 3.45. The number of benzene rings is 1. The summed E-state index contributed by atoms with van der Waals surface area (Å²) >= 11 is 9.60. The topological polar surface area (TPSA) is 34.1 Å². The molecule has 0 saturated heterocycles. The molecule has 1 heterocycles. The van der Waals surface area contributed by atoms with Gasteiger partial charge in [0.05, 0.1) is 11.8 Å². The van der Waals surface area contributed by atoms with Gasteiger partial charge in [0.2, 0.25) is 5.88 Å². The third-order valence-electron chi connectivity index (χ3n) is 2.60. The maximum atomic E-state index is 6.20. The lowest BCUT2D eigenvalue weighted by Gasteiger charge is -2.14. The lowest BCUT2D eigenvalue weighted by atomic mass is 10.2. The van der Waals surface area contributed by atoms with Gasteiger partial charge in [-0.3, -0.25) is 0 Å². The number of nitrogens with zero attached hydrogens (tertiary/aromatic N) is 1. The highest BCUT2D eigenvalue weighted by molar-refractivity contribution is 9.10. The van der Waals surface area contributed by atoms with Crippen LogP contribution in [0, 0.1) is 0 Å². The highest BCUT2D eigenvalue weighted by Gasteiger charge is 2.07. The second kappa shape index (κ2) is 6.95. The Labute approximate surface area is 132 Å². The Hall–Kier alpha value is -1.26. The SMILES string of the molecule is CC(C)Oc1ncccc1NCc1ccc(Br)cc1Cl. The highest BCUT2D eigenvalue weighted by atomic mass is 79.9. The maximum Gasteiger partial charge on any atom is 0.237 e. The fraction of sp³-hybridized carbons (Fsp3) is 0.267. The van der Waals surface area contributed by atoms with Crippen LogP contribution in [0.2, 0.25) is 5.02 Å². The minimum absolute atomic E-state index is 0.0849. The quantitative estimate of drug-likeness (QED) is 0.828. The van der Waals surface area contributed by atoms with Gasteiger partial charge >= 0.3 is 0 Å². The van der Waals surface area contributed by atoms with E-state index in [-0.39, 0.29) is 6.10 Å². The molecule has 0 amide bonds. The van der Waals surface area contributed by atoms with Crippen LogP contribution in [0.25, 0.3) is 0 Å². The molecule has 0 saturated carbocycles. The summed E-state index contributed by atoms with van der Waals surface area (Å²) in [6.45, 7) is 4.57. The Bertz CT molecular complexity index is 590. The predicted molar refractivity (Wildman–Crippen MR) is 86.5 cm³/mol. The molecule has 3 nitrogen and oxygen atoms in total. The van der Waals surface area contributed by atoms with Gasteiger partial charge in [-0.25, -0.2) is 4.98 Å². The molecule has 1 N–H and O–H groups in total. The van der Waals surface area contributed by atoms with Gasteiger partial charge in [-0.15, -0.1) is 0 Å². The summed E-state index contributed by atoms with van der Waals surface area (Å²) in [6.07, 6.45) is 1.80. The number of halogens is 2. The van der Waals surface area contributed by atoms with E-state index in [9.17, 15) is 0 Å². The molecule has 106 valence electrons. The number of nitrogens with one attached hydrogen (secondary N) is 1. The van der Waals surface area contributed by atoms with Gasteiger partial charge in [-0.1, -0.05) is 33.6 Å². The summed E-state index contributed by atoms with van der Waals surface area (Å²) < 4.78 is 6.64. The summed E-state index contributed by atoms with van der Waals surface area (Å²) in [5, 5.41) is 4.03. The van der Waals surface area contributed by atoms with Crippen molar-refractivity contribution in [3.8, 4) is 5.88 Å². The van der Waals surface area contributed by atoms with Crippen molar-refractivity contribution in [2.75, 3.05) is 5.32 Å². The first-order valence-electron chi connectivity index (χ1n) is 6.35. The molecule has 0 unspecified atom stereocenters. The van der Waals surface area contributed by atoms with Gasteiger partial charge in [0.25, 0.3) is 0 Å². The largest absolute Gasteiger partial charge is 0.473 e. The van der Waals surface area contributed by atoms with Crippen molar-refractivity contribution in [2.24, 2.45) is 0 Å². The standard InChI is InChI=1S/C15H16BrClN2O/c1-10(2)20-15-14(4-3-7-18-15)19-9-11-5-6-12(16)8-13(11)17/h3-8,10,19H,9H2,1-2H3. The van der Waals surface area contributed by atoms with Gasteiger partial charge in [0, 0.05) is 22.2 Å². The van der Waals surface area contributed by atoms with Crippen LogP contribution in [0.3, 0.4) is 0 Å². The Balaban J connectivity index is 2.10. The number of anilines is 1. The number of rotatable bonds is 5. The number of hydrogen-bond acceptors (Lipinski definition) is 3. The molecule has 5 heteroatoms. The van der Waals surface area contributed by atoms with Crippen molar-refractivity contribution in [1.29, 1.82) is 0 Å². The lowest BCUT2D eigenvalue weighted by molar-refractivity contribution is 0.234. The summed E-state index contributed by atoms with van der Waals surface area (Å²) in [7, 11) is 0. The van der Waals surface area contributed by atoms with E-state index in [4.69, 9.17) is 16.3 Å².